The fraction of sp³-hybridized carbons (Fsp3) is 0.250. The molecule has 1 atom stereocenters. The molecule has 54 valence electrons. The summed E-state index contributed by atoms with van der Waals surface area (Å²) in [7, 11) is 0. The van der Waals surface area contributed by atoms with Crippen LogP contribution in [0.3, 0.4) is 0 Å². The molecule has 6 heteroatoms. The maximum Gasteiger partial charge on any atom is 0.355 e. The molecule has 1 unspecified atom stereocenters. The van der Waals surface area contributed by atoms with E-state index in [0.717, 1.165) is 17.3 Å². The quantitative estimate of drug-likeness (QED) is 0.546. The number of carboxylic acid groups (broad SMARTS) is 1. The molecule has 0 radical (unpaired) electrons. The first-order chi connectivity index (χ1) is 4.72. The molecule has 0 fully saturated rings. The average Bonchev–Trinajstić information content (AvgIpc) is 2.36. The van der Waals surface area contributed by atoms with E-state index in [2.05, 4.69) is 10.1 Å². The van der Waals surface area contributed by atoms with Gasteiger partial charge in [0.05, 0.1) is 0 Å². The van der Waals surface area contributed by atoms with Crippen LogP contribution in [-0.2, 0) is 4.79 Å². The van der Waals surface area contributed by atoms with Gasteiger partial charge in [-0.15, -0.1) is 0 Å². The van der Waals surface area contributed by atoms with Crippen LogP contribution in [0.15, 0.2) is 12.7 Å². The van der Waals surface area contributed by atoms with Gasteiger partial charge in [0.1, 0.15) is 12.7 Å². The van der Waals surface area contributed by atoms with Crippen LogP contribution in [0.5, 0.6) is 0 Å². The minimum absolute atomic E-state index is 0.836. The van der Waals surface area contributed by atoms with Crippen molar-refractivity contribution in [2.45, 2.75) is 6.23 Å². The van der Waals surface area contributed by atoms with E-state index < -0.39 is 12.2 Å². The maximum absolute atomic E-state index is 10.1. The van der Waals surface area contributed by atoms with Crippen molar-refractivity contribution < 1.29 is 15.0 Å². The van der Waals surface area contributed by atoms with Crippen LogP contribution in [0, 0.1) is 0 Å². The van der Waals surface area contributed by atoms with Gasteiger partial charge in [0.25, 0.3) is 0 Å². The summed E-state index contributed by atoms with van der Waals surface area (Å²) in [5.41, 5.74) is 0. The number of aliphatic hydroxyl groups is 1. The topological polar surface area (TPSA) is 88.2 Å². The van der Waals surface area contributed by atoms with E-state index in [1.165, 1.54) is 0 Å². The molecule has 1 heterocycles. The highest BCUT2D eigenvalue weighted by atomic mass is 16.4. The highest BCUT2D eigenvalue weighted by molar-refractivity contribution is 5.69. The first kappa shape index (κ1) is 6.69. The molecule has 6 nitrogen and oxygen atoms in total. The Morgan fingerprint density at radius 1 is 1.70 bits per heavy atom. The highest BCUT2D eigenvalue weighted by Gasteiger charge is 2.14. The van der Waals surface area contributed by atoms with E-state index in [4.69, 9.17) is 10.2 Å². The minimum Gasteiger partial charge on any atom is -0.478 e. The van der Waals surface area contributed by atoms with Crippen LogP contribution >= 0.6 is 0 Å². The van der Waals surface area contributed by atoms with Crippen LogP contribution in [0.2, 0.25) is 0 Å². The summed E-state index contributed by atoms with van der Waals surface area (Å²) in [6.07, 6.45) is 0.632. The lowest BCUT2D eigenvalue weighted by molar-refractivity contribution is -0.152. The van der Waals surface area contributed by atoms with E-state index in [9.17, 15) is 4.79 Å². The number of hydrogen-bond acceptors (Lipinski definition) is 4. The third kappa shape index (κ3) is 1.11. The van der Waals surface area contributed by atoms with Gasteiger partial charge in [-0.05, 0) is 0 Å². The molecule has 0 saturated heterocycles. The molecule has 10 heavy (non-hydrogen) atoms. The van der Waals surface area contributed by atoms with Gasteiger partial charge in [-0.25, -0.2) is 14.5 Å². The number of aromatic nitrogens is 3. The van der Waals surface area contributed by atoms with Crippen molar-refractivity contribution in [2.24, 2.45) is 0 Å². The van der Waals surface area contributed by atoms with Gasteiger partial charge in [0, 0.05) is 0 Å². The number of rotatable bonds is 2. The number of carboxylic acids is 1. The Balaban J connectivity index is 2.77. The van der Waals surface area contributed by atoms with Gasteiger partial charge in [0.2, 0.25) is 6.23 Å². The molecule has 1 rings (SSSR count). The molecule has 0 aliphatic heterocycles. The zero-order chi connectivity index (χ0) is 7.56. The van der Waals surface area contributed by atoms with E-state index in [0.29, 0.717) is 0 Å². The van der Waals surface area contributed by atoms with Crippen LogP contribution in [0.25, 0.3) is 0 Å². The maximum atomic E-state index is 10.1. The molecule has 1 aromatic rings. The molecule has 0 aliphatic carbocycles. The molecular weight excluding hydrogens is 138 g/mol. The highest BCUT2D eigenvalue weighted by Crippen LogP contribution is 1.95. The molecule has 1 aromatic heterocycles. The Labute approximate surface area is 55.7 Å². The summed E-state index contributed by atoms with van der Waals surface area (Å²) in [4.78, 5) is 13.5. The van der Waals surface area contributed by atoms with Crippen LogP contribution in [0.1, 0.15) is 6.23 Å². The van der Waals surface area contributed by atoms with Crippen molar-refractivity contribution in [1.29, 1.82) is 0 Å². The van der Waals surface area contributed by atoms with Crippen LogP contribution in [-0.4, -0.2) is 30.9 Å². The molecule has 0 aromatic carbocycles. The minimum atomic E-state index is -1.64. The smallest absolute Gasteiger partial charge is 0.355 e. The Morgan fingerprint density at radius 3 is 2.80 bits per heavy atom. The Bertz CT molecular complexity index is 220. The van der Waals surface area contributed by atoms with Crippen LogP contribution < -0.4 is 0 Å². The first-order valence-electron chi connectivity index (χ1n) is 2.47. The van der Waals surface area contributed by atoms with Gasteiger partial charge < -0.3 is 10.2 Å². The number of aliphatic hydroxyl groups excluding tert-OH is 1. The molecule has 0 spiro atoms. The second-order valence-corrected chi connectivity index (χ2v) is 1.59. The molecular formula is C4H5N3O3. The average molecular weight is 143 g/mol. The van der Waals surface area contributed by atoms with E-state index in [1.807, 2.05) is 0 Å². The molecule has 0 amide bonds. The van der Waals surface area contributed by atoms with Gasteiger partial charge in [-0.2, -0.15) is 5.10 Å². The second-order valence-electron chi connectivity index (χ2n) is 1.59. The molecule has 0 bridgehead atoms. The SMILES string of the molecule is O=C(O)C(O)n1cncn1. The number of carbonyl (C=O) groups is 1. The summed E-state index contributed by atoms with van der Waals surface area (Å²) in [6, 6.07) is 0. The number of aliphatic carboxylic acids is 1. The molecule has 0 saturated carbocycles. The number of hydrogen-bond donors (Lipinski definition) is 2. The fourth-order valence-electron chi connectivity index (χ4n) is 0.457. The lowest BCUT2D eigenvalue weighted by Crippen LogP contribution is -2.18. The first-order valence-corrected chi connectivity index (χ1v) is 2.47. The lowest BCUT2D eigenvalue weighted by atomic mass is 10.6. The summed E-state index contributed by atoms with van der Waals surface area (Å²) in [5, 5.41) is 20.4. The second kappa shape index (κ2) is 2.44. The van der Waals surface area contributed by atoms with Crippen molar-refractivity contribution in [3.05, 3.63) is 12.7 Å². The predicted molar refractivity (Wildman–Crippen MR) is 28.9 cm³/mol. The zero-order valence-corrected chi connectivity index (χ0v) is 4.88. The van der Waals surface area contributed by atoms with Gasteiger partial charge >= 0.3 is 5.97 Å². The zero-order valence-electron chi connectivity index (χ0n) is 4.88. The number of nitrogens with zero attached hydrogens (tertiary/aromatic N) is 3. The summed E-state index contributed by atoms with van der Waals surface area (Å²) in [6.45, 7) is 0. The Hall–Kier alpha value is -1.43. The van der Waals surface area contributed by atoms with Gasteiger partial charge in [-0.1, -0.05) is 0 Å². The van der Waals surface area contributed by atoms with E-state index in [1.54, 1.807) is 0 Å². The Morgan fingerprint density at radius 2 is 2.40 bits per heavy atom. The van der Waals surface area contributed by atoms with Crippen molar-refractivity contribution >= 4 is 5.97 Å². The third-order valence-corrected chi connectivity index (χ3v) is 0.908. The monoisotopic (exact) mass is 143 g/mol. The lowest BCUT2D eigenvalue weighted by Gasteiger charge is -2.01. The predicted octanol–water partition coefficient (Wildman–Crippen LogP) is -1.15. The summed E-state index contributed by atoms with van der Waals surface area (Å²) >= 11 is 0. The summed E-state index contributed by atoms with van der Waals surface area (Å²) in [5.74, 6) is -1.36. The molecule has 2 N–H and O–H groups in total. The van der Waals surface area contributed by atoms with Crippen molar-refractivity contribution in [2.75, 3.05) is 0 Å². The standard InChI is InChI=1S/C4H5N3O3/c8-3(4(9)10)7-2-5-1-6-7/h1-3,8H,(H,9,10). The fourth-order valence-corrected chi connectivity index (χ4v) is 0.457. The van der Waals surface area contributed by atoms with Crippen molar-refractivity contribution in [1.82, 2.24) is 14.8 Å². The molecule has 0 aliphatic rings. The van der Waals surface area contributed by atoms with Crippen LogP contribution in [0.4, 0.5) is 0 Å². The van der Waals surface area contributed by atoms with E-state index >= 15 is 0 Å². The van der Waals surface area contributed by atoms with Crippen molar-refractivity contribution in [3.8, 4) is 0 Å². The third-order valence-electron chi connectivity index (χ3n) is 0.908. The largest absolute Gasteiger partial charge is 0.478 e. The normalized spacial score (nSPS) is 12.9. The van der Waals surface area contributed by atoms with Gasteiger partial charge in [-0.3, -0.25) is 0 Å². The summed E-state index contributed by atoms with van der Waals surface area (Å²) < 4.78 is 0.836. The Kier molecular flexibility index (Phi) is 1.63. The van der Waals surface area contributed by atoms with Crippen molar-refractivity contribution in [3.63, 3.8) is 0 Å². The van der Waals surface area contributed by atoms with Gasteiger partial charge in [0.15, 0.2) is 0 Å². The van der Waals surface area contributed by atoms with E-state index in [-0.39, 0.29) is 0 Å².